The quantitative estimate of drug-likeness (QED) is 0.402. The molecule has 1 heterocycles. The Morgan fingerprint density at radius 2 is 1.61 bits per heavy atom. The molecule has 5 atom stereocenters. The van der Waals surface area contributed by atoms with Crippen molar-refractivity contribution in [1.29, 1.82) is 0 Å². The van der Waals surface area contributed by atoms with E-state index in [1.54, 1.807) is 0 Å². The average Bonchev–Trinajstić information content (AvgIpc) is 2.70. The van der Waals surface area contributed by atoms with Crippen molar-refractivity contribution in [2.24, 2.45) is 0 Å². The van der Waals surface area contributed by atoms with Crippen molar-refractivity contribution in [3.63, 3.8) is 0 Å². The molecule has 1 aromatic carbocycles. The largest absolute Gasteiger partial charge is 0.478 e. The number of carbonyl (C=O) groups is 5. The number of hydrogen-bond donors (Lipinski definition) is 2. The smallest absolute Gasteiger partial charge is 0.335 e. The summed E-state index contributed by atoms with van der Waals surface area (Å²) in [6, 6.07) is 4.32. The molecule has 2 rings (SSSR count). The molecule has 1 aromatic rings. The van der Waals surface area contributed by atoms with Crippen molar-refractivity contribution in [3.05, 3.63) is 29.8 Å². The molecule has 12 heteroatoms. The summed E-state index contributed by atoms with van der Waals surface area (Å²) in [6.07, 6.45) is -5.01. The SMILES string of the molecule is CC(=O)N[C@@H]1[C@H](Oc2cccc(C(=O)O)c2)O[C@H](COC(C)=O)[C@@H](OC(C)=O)[C@@H]1OC(C)=O. The highest BCUT2D eigenvalue weighted by Gasteiger charge is 2.51. The molecule has 0 saturated carbocycles. The van der Waals surface area contributed by atoms with Crippen LogP contribution in [0.2, 0.25) is 0 Å². The van der Waals surface area contributed by atoms with E-state index in [1.165, 1.54) is 38.1 Å². The van der Waals surface area contributed by atoms with Gasteiger partial charge in [-0.25, -0.2) is 4.79 Å². The van der Waals surface area contributed by atoms with E-state index in [9.17, 15) is 29.1 Å². The van der Waals surface area contributed by atoms with Crippen LogP contribution in [-0.4, -0.2) is 72.1 Å². The summed E-state index contributed by atoms with van der Waals surface area (Å²) in [7, 11) is 0. The number of aromatic carboxylic acids is 1. The molecule has 0 aliphatic carbocycles. The number of esters is 3. The minimum atomic E-state index is -1.34. The van der Waals surface area contributed by atoms with Gasteiger partial charge in [-0.05, 0) is 18.2 Å². The Hall–Kier alpha value is -3.67. The molecule has 180 valence electrons. The zero-order chi connectivity index (χ0) is 24.7. The second-order valence-corrected chi connectivity index (χ2v) is 7.17. The molecule has 1 fully saturated rings. The number of ether oxygens (including phenoxy) is 5. The lowest BCUT2D eigenvalue weighted by molar-refractivity contribution is -0.257. The molecule has 0 bridgehead atoms. The van der Waals surface area contributed by atoms with Gasteiger partial charge in [-0.1, -0.05) is 6.07 Å². The number of nitrogens with one attached hydrogen (secondary N) is 1. The Kier molecular flexibility index (Phi) is 8.74. The molecule has 1 aliphatic heterocycles. The molecule has 1 aliphatic rings. The number of benzene rings is 1. The molecule has 2 N–H and O–H groups in total. The third kappa shape index (κ3) is 7.45. The van der Waals surface area contributed by atoms with Crippen molar-refractivity contribution in [2.75, 3.05) is 6.61 Å². The topological polar surface area (TPSA) is 164 Å². The summed E-state index contributed by atoms with van der Waals surface area (Å²) in [5.41, 5.74) is -0.0647. The first kappa shape index (κ1) is 25.6. The molecule has 33 heavy (non-hydrogen) atoms. The maximum Gasteiger partial charge on any atom is 0.335 e. The van der Waals surface area contributed by atoms with E-state index in [-0.39, 0.29) is 17.9 Å². The lowest BCUT2D eigenvalue weighted by atomic mass is 9.96. The summed E-state index contributed by atoms with van der Waals surface area (Å²) in [5, 5.41) is 11.8. The predicted molar refractivity (Wildman–Crippen MR) is 108 cm³/mol. The van der Waals surface area contributed by atoms with Crippen LogP contribution in [0.4, 0.5) is 0 Å². The first-order valence-corrected chi connectivity index (χ1v) is 9.88. The van der Waals surface area contributed by atoms with Crippen LogP contribution < -0.4 is 10.1 Å². The highest BCUT2D eigenvalue weighted by atomic mass is 16.7. The molecule has 0 spiro atoms. The van der Waals surface area contributed by atoms with Gasteiger partial charge in [0.1, 0.15) is 24.5 Å². The van der Waals surface area contributed by atoms with E-state index < -0.39 is 60.4 Å². The number of carboxylic acid groups (broad SMARTS) is 1. The monoisotopic (exact) mass is 467 g/mol. The van der Waals surface area contributed by atoms with Gasteiger partial charge in [0.15, 0.2) is 12.2 Å². The van der Waals surface area contributed by atoms with Gasteiger partial charge in [-0.15, -0.1) is 0 Å². The molecule has 0 radical (unpaired) electrons. The average molecular weight is 467 g/mol. The van der Waals surface area contributed by atoms with Gasteiger partial charge in [0.05, 0.1) is 5.56 Å². The minimum absolute atomic E-state index is 0.0647. The summed E-state index contributed by atoms with van der Waals surface area (Å²) < 4.78 is 27.3. The van der Waals surface area contributed by atoms with Gasteiger partial charge in [0.25, 0.3) is 0 Å². The second-order valence-electron chi connectivity index (χ2n) is 7.17. The van der Waals surface area contributed by atoms with E-state index in [4.69, 9.17) is 23.7 Å². The second kappa shape index (κ2) is 11.3. The van der Waals surface area contributed by atoms with E-state index in [1.807, 2.05) is 0 Å². The predicted octanol–water partition coefficient (Wildman–Crippen LogP) is 0.420. The Bertz CT molecular complexity index is 915. The van der Waals surface area contributed by atoms with Crippen LogP contribution in [0.25, 0.3) is 0 Å². The lowest BCUT2D eigenvalue weighted by Crippen LogP contribution is -2.67. The lowest BCUT2D eigenvalue weighted by Gasteiger charge is -2.44. The Balaban J connectivity index is 2.47. The summed E-state index contributed by atoms with van der Waals surface area (Å²) in [5.74, 6) is -3.76. The fraction of sp³-hybridized carbons (Fsp3) is 0.476. The molecular weight excluding hydrogens is 442 g/mol. The van der Waals surface area contributed by atoms with Crippen LogP contribution in [-0.2, 0) is 38.1 Å². The fourth-order valence-corrected chi connectivity index (χ4v) is 3.23. The summed E-state index contributed by atoms with van der Waals surface area (Å²) in [4.78, 5) is 58.1. The first-order chi connectivity index (χ1) is 15.5. The normalized spacial score (nSPS) is 24.2. The van der Waals surface area contributed by atoms with E-state index in [0.29, 0.717) is 0 Å². The molecule has 0 aromatic heterocycles. The van der Waals surface area contributed by atoms with E-state index in [0.717, 1.165) is 13.8 Å². The zero-order valence-corrected chi connectivity index (χ0v) is 18.4. The molecule has 0 unspecified atom stereocenters. The van der Waals surface area contributed by atoms with Crippen molar-refractivity contribution < 1.29 is 52.8 Å². The van der Waals surface area contributed by atoms with Gasteiger partial charge in [-0.2, -0.15) is 0 Å². The van der Waals surface area contributed by atoms with E-state index >= 15 is 0 Å². The fourth-order valence-electron chi connectivity index (χ4n) is 3.23. The molecular formula is C21H25NO11. The number of hydrogen-bond acceptors (Lipinski definition) is 10. The van der Waals surface area contributed by atoms with Crippen LogP contribution in [0.3, 0.4) is 0 Å². The zero-order valence-electron chi connectivity index (χ0n) is 18.4. The number of carboxylic acids is 1. The van der Waals surface area contributed by atoms with Gasteiger partial charge < -0.3 is 34.1 Å². The van der Waals surface area contributed by atoms with Crippen molar-refractivity contribution in [2.45, 2.75) is 58.3 Å². The molecule has 12 nitrogen and oxygen atoms in total. The Labute approximate surface area is 189 Å². The maximum absolute atomic E-state index is 11.9. The van der Waals surface area contributed by atoms with Crippen LogP contribution in [0.15, 0.2) is 24.3 Å². The number of carbonyl (C=O) groups excluding carboxylic acids is 4. The highest BCUT2D eigenvalue weighted by Crippen LogP contribution is 2.29. The third-order valence-corrected chi connectivity index (χ3v) is 4.40. The Morgan fingerprint density at radius 3 is 2.15 bits per heavy atom. The van der Waals surface area contributed by atoms with Crippen LogP contribution in [0.1, 0.15) is 38.1 Å². The van der Waals surface area contributed by atoms with Crippen molar-refractivity contribution in [3.8, 4) is 5.75 Å². The maximum atomic E-state index is 11.9. The van der Waals surface area contributed by atoms with Gasteiger partial charge in [0, 0.05) is 27.7 Å². The van der Waals surface area contributed by atoms with Gasteiger partial charge >= 0.3 is 23.9 Å². The minimum Gasteiger partial charge on any atom is -0.478 e. The van der Waals surface area contributed by atoms with Crippen LogP contribution in [0.5, 0.6) is 5.75 Å². The van der Waals surface area contributed by atoms with E-state index in [2.05, 4.69) is 5.32 Å². The summed E-state index contributed by atoms with van der Waals surface area (Å²) >= 11 is 0. The third-order valence-electron chi connectivity index (χ3n) is 4.40. The highest BCUT2D eigenvalue weighted by molar-refractivity contribution is 5.88. The Morgan fingerprint density at radius 1 is 0.970 bits per heavy atom. The van der Waals surface area contributed by atoms with Gasteiger partial charge in [-0.3, -0.25) is 19.2 Å². The van der Waals surface area contributed by atoms with Crippen molar-refractivity contribution >= 4 is 29.8 Å². The van der Waals surface area contributed by atoms with Crippen molar-refractivity contribution in [1.82, 2.24) is 5.32 Å². The van der Waals surface area contributed by atoms with Crippen LogP contribution >= 0.6 is 0 Å². The molecule has 1 saturated heterocycles. The summed E-state index contributed by atoms with van der Waals surface area (Å²) in [6.45, 7) is 4.24. The molecule has 1 amide bonds. The number of rotatable bonds is 8. The number of amides is 1. The van der Waals surface area contributed by atoms with Crippen LogP contribution in [0, 0.1) is 0 Å². The first-order valence-electron chi connectivity index (χ1n) is 9.88. The standard InChI is InChI=1S/C21H25NO11/c1-10(23)22-17-19(31-13(4)26)18(30-12(3)25)16(9-29-11(2)24)33-21(17)32-15-7-5-6-14(8-15)20(27)28/h5-8,16-19,21H,9H2,1-4H3,(H,22,23)(H,27,28)/t16-,17+,18-,19-,21-/m1/s1. The van der Waals surface area contributed by atoms with Gasteiger partial charge in [0.2, 0.25) is 12.2 Å².